The number of nitrogens with two attached hydrogens (primary N) is 1. The fourth-order valence-corrected chi connectivity index (χ4v) is 1.77. The molecule has 2 aromatic rings. The van der Waals surface area contributed by atoms with Gasteiger partial charge in [-0.25, -0.2) is 8.78 Å². The van der Waals surface area contributed by atoms with Crippen molar-refractivity contribution in [3.05, 3.63) is 64.4 Å². The van der Waals surface area contributed by atoms with E-state index in [-0.39, 0.29) is 10.7 Å². The van der Waals surface area contributed by atoms with E-state index in [4.69, 9.17) is 17.3 Å². The Bertz CT molecular complexity index is 526. The van der Waals surface area contributed by atoms with Crippen molar-refractivity contribution in [3.63, 3.8) is 0 Å². The average molecular weight is 255 g/mol. The van der Waals surface area contributed by atoms with E-state index >= 15 is 0 Å². The molecule has 0 spiro atoms. The summed E-state index contributed by atoms with van der Waals surface area (Å²) in [4.78, 5) is 3.85. The van der Waals surface area contributed by atoms with Gasteiger partial charge in [0.15, 0.2) is 0 Å². The third-order valence-corrected chi connectivity index (χ3v) is 2.54. The van der Waals surface area contributed by atoms with E-state index in [1.165, 1.54) is 30.5 Å². The highest BCUT2D eigenvalue weighted by molar-refractivity contribution is 6.30. The first kappa shape index (κ1) is 12.0. The van der Waals surface area contributed by atoms with Crippen molar-refractivity contribution in [1.29, 1.82) is 0 Å². The predicted octanol–water partition coefficient (Wildman–Crippen LogP) is 3.06. The lowest BCUT2D eigenvalue weighted by molar-refractivity contribution is 0.583. The van der Waals surface area contributed by atoms with E-state index in [2.05, 4.69) is 4.98 Å². The first-order valence-corrected chi connectivity index (χ1v) is 5.27. The van der Waals surface area contributed by atoms with Gasteiger partial charge in [-0.3, -0.25) is 4.98 Å². The molecular formula is C12H9ClF2N2. The molecule has 0 saturated carbocycles. The summed E-state index contributed by atoms with van der Waals surface area (Å²) < 4.78 is 26.6. The number of benzene rings is 1. The van der Waals surface area contributed by atoms with Crippen LogP contribution in [0.3, 0.4) is 0 Å². The lowest BCUT2D eigenvalue weighted by Gasteiger charge is -2.12. The van der Waals surface area contributed by atoms with Gasteiger partial charge in [-0.15, -0.1) is 0 Å². The third-order valence-electron chi connectivity index (χ3n) is 2.33. The van der Waals surface area contributed by atoms with Gasteiger partial charge in [0, 0.05) is 11.2 Å². The Labute approximate surface area is 102 Å². The lowest BCUT2D eigenvalue weighted by atomic mass is 10.0. The maximum atomic E-state index is 13.5. The Hall–Kier alpha value is -1.52. The second-order valence-electron chi connectivity index (χ2n) is 3.55. The molecule has 17 heavy (non-hydrogen) atoms. The number of rotatable bonds is 2. The van der Waals surface area contributed by atoms with Crippen LogP contribution >= 0.6 is 11.6 Å². The summed E-state index contributed by atoms with van der Waals surface area (Å²) in [5.41, 5.74) is 6.27. The summed E-state index contributed by atoms with van der Waals surface area (Å²) in [5.74, 6) is -1.04. The monoisotopic (exact) mass is 254 g/mol. The molecule has 5 heteroatoms. The minimum absolute atomic E-state index is 0.0640. The third kappa shape index (κ3) is 2.60. The van der Waals surface area contributed by atoms with Crippen LogP contribution in [-0.2, 0) is 0 Å². The van der Waals surface area contributed by atoms with E-state index in [9.17, 15) is 8.78 Å². The summed E-state index contributed by atoms with van der Waals surface area (Å²) in [6.07, 6.45) is 1.43. The Morgan fingerprint density at radius 2 is 2.00 bits per heavy atom. The maximum Gasteiger partial charge on any atom is 0.146 e. The SMILES string of the molecule is N[C@H](c1cc(F)cc(Cl)c1)c1ncccc1F. The number of hydrogen-bond acceptors (Lipinski definition) is 2. The normalized spacial score (nSPS) is 12.5. The molecule has 88 valence electrons. The topological polar surface area (TPSA) is 38.9 Å². The zero-order chi connectivity index (χ0) is 12.4. The summed E-state index contributed by atoms with van der Waals surface area (Å²) in [6, 6.07) is 5.73. The number of aromatic nitrogens is 1. The molecule has 0 bridgehead atoms. The largest absolute Gasteiger partial charge is 0.319 e. The van der Waals surface area contributed by atoms with Gasteiger partial charge in [0.25, 0.3) is 0 Å². The zero-order valence-corrected chi connectivity index (χ0v) is 9.46. The minimum Gasteiger partial charge on any atom is -0.319 e. The van der Waals surface area contributed by atoms with Crippen LogP contribution in [-0.4, -0.2) is 4.98 Å². The molecule has 0 amide bonds. The summed E-state index contributed by atoms with van der Waals surface area (Å²) >= 11 is 5.71. The highest BCUT2D eigenvalue weighted by atomic mass is 35.5. The quantitative estimate of drug-likeness (QED) is 0.895. The van der Waals surface area contributed by atoms with Crippen LogP contribution in [0.15, 0.2) is 36.5 Å². The molecule has 0 aliphatic heterocycles. The second-order valence-corrected chi connectivity index (χ2v) is 3.99. The van der Waals surface area contributed by atoms with E-state index in [0.717, 1.165) is 6.07 Å². The molecule has 0 saturated heterocycles. The lowest BCUT2D eigenvalue weighted by Crippen LogP contribution is -2.15. The Morgan fingerprint density at radius 3 is 2.65 bits per heavy atom. The van der Waals surface area contributed by atoms with Crippen molar-refractivity contribution in [2.45, 2.75) is 6.04 Å². The number of pyridine rings is 1. The van der Waals surface area contributed by atoms with Crippen molar-refractivity contribution >= 4 is 11.6 Å². The molecule has 2 N–H and O–H groups in total. The molecule has 2 rings (SSSR count). The van der Waals surface area contributed by atoms with Crippen molar-refractivity contribution in [2.24, 2.45) is 5.73 Å². The Morgan fingerprint density at radius 1 is 1.24 bits per heavy atom. The minimum atomic E-state index is -0.843. The van der Waals surface area contributed by atoms with Gasteiger partial charge in [0.2, 0.25) is 0 Å². The Balaban J connectivity index is 2.43. The molecule has 1 aromatic heterocycles. The van der Waals surface area contributed by atoms with Crippen LogP contribution in [0.1, 0.15) is 17.3 Å². The average Bonchev–Trinajstić information content (AvgIpc) is 2.27. The van der Waals surface area contributed by atoms with E-state index in [0.29, 0.717) is 5.56 Å². The maximum absolute atomic E-state index is 13.5. The molecule has 0 unspecified atom stereocenters. The predicted molar refractivity (Wildman–Crippen MR) is 61.6 cm³/mol. The fraction of sp³-hybridized carbons (Fsp3) is 0.0833. The fourth-order valence-electron chi connectivity index (χ4n) is 1.54. The van der Waals surface area contributed by atoms with Crippen molar-refractivity contribution in [3.8, 4) is 0 Å². The number of nitrogens with zero attached hydrogens (tertiary/aromatic N) is 1. The first-order valence-electron chi connectivity index (χ1n) is 4.90. The molecular weight excluding hydrogens is 246 g/mol. The van der Waals surface area contributed by atoms with Crippen LogP contribution < -0.4 is 5.73 Å². The van der Waals surface area contributed by atoms with Gasteiger partial charge in [-0.2, -0.15) is 0 Å². The molecule has 1 aromatic carbocycles. The van der Waals surface area contributed by atoms with Gasteiger partial charge in [0.1, 0.15) is 11.6 Å². The molecule has 2 nitrogen and oxygen atoms in total. The van der Waals surface area contributed by atoms with E-state index in [1.54, 1.807) is 0 Å². The zero-order valence-electron chi connectivity index (χ0n) is 8.70. The number of hydrogen-bond donors (Lipinski definition) is 1. The van der Waals surface area contributed by atoms with Gasteiger partial charge in [0.05, 0.1) is 11.7 Å². The van der Waals surface area contributed by atoms with Crippen LogP contribution in [0.5, 0.6) is 0 Å². The van der Waals surface area contributed by atoms with Crippen LogP contribution in [0.4, 0.5) is 8.78 Å². The molecule has 0 aliphatic rings. The van der Waals surface area contributed by atoms with Crippen LogP contribution in [0.2, 0.25) is 5.02 Å². The van der Waals surface area contributed by atoms with Crippen LogP contribution in [0.25, 0.3) is 0 Å². The van der Waals surface area contributed by atoms with E-state index < -0.39 is 17.7 Å². The Kier molecular flexibility index (Phi) is 3.36. The van der Waals surface area contributed by atoms with E-state index in [1.807, 2.05) is 0 Å². The highest BCUT2D eigenvalue weighted by Gasteiger charge is 2.15. The highest BCUT2D eigenvalue weighted by Crippen LogP contribution is 2.23. The summed E-state index contributed by atoms with van der Waals surface area (Å²) in [7, 11) is 0. The summed E-state index contributed by atoms with van der Waals surface area (Å²) in [6.45, 7) is 0. The van der Waals surface area contributed by atoms with Gasteiger partial charge >= 0.3 is 0 Å². The molecule has 0 radical (unpaired) electrons. The van der Waals surface area contributed by atoms with Crippen molar-refractivity contribution in [1.82, 2.24) is 4.98 Å². The van der Waals surface area contributed by atoms with Gasteiger partial charge in [-0.1, -0.05) is 11.6 Å². The first-order chi connectivity index (χ1) is 8.08. The molecule has 0 fully saturated rings. The second kappa shape index (κ2) is 4.77. The van der Waals surface area contributed by atoms with Gasteiger partial charge < -0.3 is 5.73 Å². The molecule has 0 aliphatic carbocycles. The van der Waals surface area contributed by atoms with Gasteiger partial charge in [-0.05, 0) is 35.9 Å². The van der Waals surface area contributed by atoms with Crippen molar-refractivity contribution < 1.29 is 8.78 Å². The summed E-state index contributed by atoms with van der Waals surface area (Å²) in [5, 5.41) is 0.215. The van der Waals surface area contributed by atoms with Crippen molar-refractivity contribution in [2.75, 3.05) is 0 Å². The van der Waals surface area contributed by atoms with Crippen LogP contribution in [0, 0.1) is 11.6 Å². The smallest absolute Gasteiger partial charge is 0.146 e. The molecule has 1 atom stereocenters. The molecule has 1 heterocycles. The standard InChI is InChI=1S/C12H9ClF2N2/c13-8-4-7(5-9(14)6-8)11(16)12-10(15)2-1-3-17-12/h1-6,11H,16H2/t11-/m1/s1. The number of halogens is 3.